The number of hydrogen-bond donors (Lipinski definition) is 1. The first kappa shape index (κ1) is 52.2. The van der Waals surface area contributed by atoms with Gasteiger partial charge in [0.05, 0.1) is 13.2 Å². The van der Waals surface area contributed by atoms with Gasteiger partial charge in [0.25, 0.3) is 0 Å². The number of amides is 1. The average Bonchev–Trinajstić information content (AvgIpc) is 3.15. The molecule has 8 nitrogen and oxygen atoms in total. The predicted octanol–water partition coefficient (Wildman–Crippen LogP) is 13.0. The molecule has 0 saturated heterocycles. The molecule has 1 N–H and O–H groups in total. The number of alkyl carbamates (subject to hydrolysis) is 1. The van der Waals surface area contributed by atoms with Crippen molar-refractivity contribution in [1.82, 2.24) is 10.2 Å². The van der Waals surface area contributed by atoms with Crippen molar-refractivity contribution in [2.24, 2.45) is 0 Å². The molecule has 0 aliphatic rings. The van der Waals surface area contributed by atoms with E-state index in [2.05, 4.69) is 19.2 Å². The van der Waals surface area contributed by atoms with E-state index >= 15 is 0 Å². The summed E-state index contributed by atoms with van der Waals surface area (Å²) in [6.07, 6.45) is 40.8. The van der Waals surface area contributed by atoms with E-state index in [0.29, 0.717) is 19.8 Å². The fourth-order valence-corrected chi connectivity index (χ4v) is 6.85. The Bertz CT molecular complexity index is 823. The Balaban J connectivity index is 4.05. The molecule has 0 aromatic heterocycles. The number of esters is 2. The Hall–Kier alpha value is -1.83. The average molecular weight is 767 g/mol. The van der Waals surface area contributed by atoms with Gasteiger partial charge in [-0.3, -0.25) is 4.79 Å². The lowest BCUT2D eigenvalue weighted by atomic mass is 10.0. The zero-order valence-electron chi connectivity index (χ0n) is 36.3. The summed E-state index contributed by atoms with van der Waals surface area (Å²) in [7, 11) is 3.79. The molecule has 0 bridgehead atoms. The second-order valence-corrected chi connectivity index (χ2v) is 16.2. The van der Waals surface area contributed by atoms with Crippen molar-refractivity contribution in [1.29, 1.82) is 0 Å². The maximum absolute atomic E-state index is 12.9. The molecule has 0 fully saturated rings. The van der Waals surface area contributed by atoms with Crippen LogP contribution in [-0.4, -0.2) is 69.4 Å². The molecule has 0 aliphatic carbocycles. The first-order valence-corrected chi connectivity index (χ1v) is 23.3. The van der Waals surface area contributed by atoms with E-state index in [9.17, 15) is 14.4 Å². The Kier molecular flexibility index (Phi) is 40.9. The Morgan fingerprint density at radius 3 is 1.13 bits per heavy atom. The number of carbonyl (C=O) groups is 3. The number of nitrogens with one attached hydrogen (secondary N) is 1. The van der Waals surface area contributed by atoms with Gasteiger partial charge in [0.1, 0.15) is 12.6 Å². The van der Waals surface area contributed by atoms with Crippen molar-refractivity contribution in [3.05, 3.63) is 0 Å². The standard InChI is InChI=1S/C46H90N2O6/c1-5-7-9-11-13-15-17-19-21-23-25-27-29-31-33-35-40-52-44(49)38-37-43(47-46(51)54-42-39-48(3)4)45(50)53-41-36-34-32-30-28-26-24-22-20-18-16-14-12-10-8-6-2/h43H,5-42H2,1-4H3,(H,47,51)/t43-/m0/s1. The van der Waals surface area contributed by atoms with Gasteiger partial charge in [0, 0.05) is 13.0 Å². The summed E-state index contributed by atoms with van der Waals surface area (Å²) in [6, 6.07) is -0.944. The molecule has 54 heavy (non-hydrogen) atoms. The van der Waals surface area contributed by atoms with Crippen LogP contribution >= 0.6 is 0 Å². The van der Waals surface area contributed by atoms with Crippen molar-refractivity contribution >= 4 is 18.0 Å². The van der Waals surface area contributed by atoms with Crippen molar-refractivity contribution in [2.45, 2.75) is 238 Å². The predicted molar refractivity (Wildman–Crippen MR) is 227 cm³/mol. The smallest absolute Gasteiger partial charge is 0.407 e. The molecule has 320 valence electrons. The number of hydrogen-bond acceptors (Lipinski definition) is 7. The molecular formula is C46H90N2O6. The fourth-order valence-electron chi connectivity index (χ4n) is 6.85. The lowest BCUT2D eigenvalue weighted by Gasteiger charge is -2.18. The van der Waals surface area contributed by atoms with Crippen LogP contribution in [0.5, 0.6) is 0 Å². The van der Waals surface area contributed by atoms with E-state index in [1.807, 2.05) is 19.0 Å². The minimum absolute atomic E-state index is 0.0374. The van der Waals surface area contributed by atoms with Crippen LogP contribution < -0.4 is 5.32 Å². The van der Waals surface area contributed by atoms with Crippen LogP contribution in [0.2, 0.25) is 0 Å². The van der Waals surface area contributed by atoms with E-state index in [1.54, 1.807) is 0 Å². The highest BCUT2D eigenvalue weighted by molar-refractivity contribution is 5.82. The third-order valence-electron chi connectivity index (χ3n) is 10.5. The minimum atomic E-state index is -0.944. The van der Waals surface area contributed by atoms with Crippen molar-refractivity contribution in [3.8, 4) is 0 Å². The largest absolute Gasteiger partial charge is 0.466 e. The second kappa shape index (κ2) is 42.3. The Labute approximate surface area is 334 Å². The third kappa shape index (κ3) is 39.9. The van der Waals surface area contributed by atoms with E-state index in [0.717, 1.165) is 32.1 Å². The zero-order valence-corrected chi connectivity index (χ0v) is 36.3. The number of rotatable bonds is 42. The van der Waals surface area contributed by atoms with Gasteiger partial charge in [-0.2, -0.15) is 0 Å². The van der Waals surface area contributed by atoms with Gasteiger partial charge >= 0.3 is 18.0 Å². The highest BCUT2D eigenvalue weighted by Gasteiger charge is 2.24. The molecule has 1 atom stereocenters. The molecular weight excluding hydrogens is 677 g/mol. The first-order valence-electron chi connectivity index (χ1n) is 23.3. The summed E-state index contributed by atoms with van der Waals surface area (Å²) in [5.74, 6) is -0.875. The second-order valence-electron chi connectivity index (χ2n) is 16.2. The number of unbranched alkanes of at least 4 members (excludes halogenated alkanes) is 30. The van der Waals surface area contributed by atoms with Crippen LogP contribution in [0.15, 0.2) is 0 Å². The number of likely N-dealkylation sites (N-methyl/N-ethyl adjacent to an activating group) is 1. The molecule has 1 amide bonds. The molecule has 0 aliphatic heterocycles. The molecule has 0 unspecified atom stereocenters. The number of nitrogens with zero attached hydrogens (tertiary/aromatic N) is 1. The summed E-state index contributed by atoms with van der Waals surface area (Å²) in [4.78, 5) is 39.7. The molecule has 0 radical (unpaired) electrons. The fraction of sp³-hybridized carbons (Fsp3) is 0.935. The van der Waals surface area contributed by atoms with Crippen LogP contribution in [0.25, 0.3) is 0 Å². The number of ether oxygens (including phenoxy) is 3. The van der Waals surface area contributed by atoms with Gasteiger partial charge in [0.15, 0.2) is 0 Å². The lowest BCUT2D eigenvalue weighted by molar-refractivity contribution is -0.147. The highest BCUT2D eigenvalue weighted by atomic mass is 16.6. The third-order valence-corrected chi connectivity index (χ3v) is 10.5. The summed E-state index contributed by atoms with van der Waals surface area (Å²) < 4.78 is 16.2. The lowest BCUT2D eigenvalue weighted by Crippen LogP contribution is -2.43. The molecule has 8 heteroatoms. The van der Waals surface area contributed by atoms with Crippen molar-refractivity contribution < 1.29 is 28.6 Å². The SMILES string of the molecule is CCCCCCCCCCCCCCCCCCOC(=O)CC[C@H](NC(=O)OCCN(C)C)C(=O)OCCCCCCCCCCCCCCCCCC. The first-order chi connectivity index (χ1) is 26.4. The van der Waals surface area contributed by atoms with Gasteiger partial charge in [-0.05, 0) is 33.4 Å². The van der Waals surface area contributed by atoms with Gasteiger partial charge in [-0.1, -0.05) is 206 Å². The van der Waals surface area contributed by atoms with Gasteiger partial charge in [0.2, 0.25) is 0 Å². The van der Waals surface area contributed by atoms with E-state index in [-0.39, 0.29) is 25.4 Å². The molecule has 0 spiro atoms. The highest BCUT2D eigenvalue weighted by Crippen LogP contribution is 2.16. The summed E-state index contributed by atoms with van der Waals surface area (Å²) in [6.45, 7) is 6.04. The maximum Gasteiger partial charge on any atom is 0.407 e. The molecule has 0 saturated carbocycles. The Morgan fingerprint density at radius 1 is 0.444 bits per heavy atom. The topological polar surface area (TPSA) is 94.2 Å². The van der Waals surface area contributed by atoms with Crippen LogP contribution in [-0.2, 0) is 23.8 Å². The van der Waals surface area contributed by atoms with Gasteiger partial charge in [-0.25, -0.2) is 9.59 Å². The monoisotopic (exact) mass is 767 g/mol. The molecule has 0 aromatic carbocycles. The van der Waals surface area contributed by atoms with E-state index in [4.69, 9.17) is 14.2 Å². The van der Waals surface area contributed by atoms with E-state index < -0.39 is 18.1 Å². The van der Waals surface area contributed by atoms with Crippen molar-refractivity contribution in [2.75, 3.05) is 40.5 Å². The van der Waals surface area contributed by atoms with Gasteiger partial charge in [-0.15, -0.1) is 0 Å². The minimum Gasteiger partial charge on any atom is -0.466 e. The van der Waals surface area contributed by atoms with Gasteiger partial charge < -0.3 is 24.4 Å². The zero-order chi connectivity index (χ0) is 39.6. The van der Waals surface area contributed by atoms with Crippen LogP contribution in [0, 0.1) is 0 Å². The van der Waals surface area contributed by atoms with Crippen LogP contribution in [0.1, 0.15) is 232 Å². The summed E-state index contributed by atoms with van der Waals surface area (Å²) >= 11 is 0. The number of carbonyl (C=O) groups excluding carboxylic acids is 3. The Morgan fingerprint density at radius 2 is 0.778 bits per heavy atom. The summed E-state index contributed by atoms with van der Waals surface area (Å²) in [5.41, 5.74) is 0. The molecule has 0 aromatic rings. The summed E-state index contributed by atoms with van der Waals surface area (Å²) in [5, 5.41) is 2.62. The van der Waals surface area contributed by atoms with Crippen molar-refractivity contribution in [3.63, 3.8) is 0 Å². The van der Waals surface area contributed by atoms with Crippen LogP contribution in [0.3, 0.4) is 0 Å². The normalized spacial score (nSPS) is 11.9. The quantitative estimate of drug-likeness (QED) is 0.0375. The van der Waals surface area contributed by atoms with Crippen LogP contribution in [0.4, 0.5) is 4.79 Å². The maximum atomic E-state index is 12.9. The molecule has 0 heterocycles. The molecule has 0 rings (SSSR count). The van der Waals surface area contributed by atoms with E-state index in [1.165, 1.54) is 173 Å².